The van der Waals surface area contributed by atoms with Crippen molar-refractivity contribution in [3.8, 4) is 11.5 Å². The molecular formula is C28H48O6. The van der Waals surface area contributed by atoms with E-state index in [1.54, 1.807) is 0 Å². The van der Waals surface area contributed by atoms with Crippen LogP contribution in [0.2, 0.25) is 0 Å². The molecule has 1 rings (SSSR count). The highest BCUT2D eigenvalue weighted by Gasteiger charge is 2.31. The van der Waals surface area contributed by atoms with Crippen molar-refractivity contribution >= 4 is 5.78 Å². The Morgan fingerprint density at radius 2 is 1.38 bits per heavy atom. The molecule has 196 valence electrons. The van der Waals surface area contributed by atoms with Gasteiger partial charge in [-0.15, -0.1) is 0 Å². The molecule has 0 amide bonds. The fourth-order valence-electron chi connectivity index (χ4n) is 5.11. The molecule has 0 saturated carbocycles. The number of rotatable bonds is 16. The van der Waals surface area contributed by atoms with Crippen LogP contribution in [-0.4, -0.2) is 43.5 Å². The number of carbonyl (C=O) groups excluding carboxylic acids is 1. The summed E-state index contributed by atoms with van der Waals surface area (Å²) in [5.74, 6) is 0.609. The quantitative estimate of drug-likeness (QED) is 0.218. The number of phenolic OH excluding ortho intramolecular Hbond substituents is 2. The monoisotopic (exact) mass is 480 g/mol. The number of aliphatic hydroxyl groups excluding tert-OH is 3. The van der Waals surface area contributed by atoms with Gasteiger partial charge in [-0.25, -0.2) is 0 Å². The van der Waals surface area contributed by atoms with Crippen molar-refractivity contribution in [1.82, 2.24) is 0 Å². The van der Waals surface area contributed by atoms with E-state index in [2.05, 4.69) is 13.8 Å². The lowest BCUT2D eigenvalue weighted by molar-refractivity contribution is -0.122. The normalized spacial score (nSPS) is 18.2. The van der Waals surface area contributed by atoms with Crippen molar-refractivity contribution in [2.75, 3.05) is 0 Å². The number of hydrogen-bond acceptors (Lipinski definition) is 6. The highest BCUT2D eigenvalue weighted by molar-refractivity contribution is 5.80. The lowest BCUT2D eigenvalue weighted by Crippen LogP contribution is -2.31. The summed E-state index contributed by atoms with van der Waals surface area (Å²) in [5.41, 5.74) is 0.343. The summed E-state index contributed by atoms with van der Waals surface area (Å²) < 4.78 is 0. The fraction of sp³-hybridized carbons (Fsp3) is 0.750. The Morgan fingerprint density at radius 3 is 1.91 bits per heavy atom. The molecule has 0 aliphatic carbocycles. The van der Waals surface area contributed by atoms with Crippen LogP contribution in [0.4, 0.5) is 0 Å². The third kappa shape index (κ3) is 10.7. The standard InChI is InChI=1S/C28H48O6/c1-7-26(32)20(6)12-19(5)11-18(4)8-9-22(29)16-27(33)25(10-17(2)3)28(34)21-13-23(30)15-24(31)14-21/h13-15,17-20,22,25,27-31,33-34H,7-12,16H2,1-6H3/t18-,19-,20-,22-,25-,27-,28+/m1/s1. The number of ketones is 1. The zero-order valence-electron chi connectivity index (χ0n) is 21.9. The smallest absolute Gasteiger partial charge is 0.135 e. The second-order valence-electron chi connectivity index (χ2n) is 11.0. The van der Waals surface area contributed by atoms with Gasteiger partial charge in [0, 0.05) is 24.3 Å². The van der Waals surface area contributed by atoms with Crippen LogP contribution in [0.5, 0.6) is 11.5 Å². The van der Waals surface area contributed by atoms with E-state index in [4.69, 9.17) is 0 Å². The van der Waals surface area contributed by atoms with Gasteiger partial charge in [0.15, 0.2) is 0 Å². The minimum absolute atomic E-state index is 0.0886. The maximum atomic E-state index is 11.8. The maximum Gasteiger partial charge on any atom is 0.135 e. The summed E-state index contributed by atoms with van der Waals surface area (Å²) >= 11 is 0. The summed E-state index contributed by atoms with van der Waals surface area (Å²) in [5, 5.41) is 52.0. The van der Waals surface area contributed by atoms with Gasteiger partial charge >= 0.3 is 0 Å². The largest absolute Gasteiger partial charge is 0.508 e. The number of aromatic hydroxyl groups is 2. The molecule has 0 aliphatic heterocycles. The number of hydrogen-bond donors (Lipinski definition) is 5. The number of carbonyl (C=O) groups is 1. The van der Waals surface area contributed by atoms with E-state index >= 15 is 0 Å². The number of benzene rings is 1. The van der Waals surface area contributed by atoms with Gasteiger partial charge in [0.1, 0.15) is 17.3 Å². The van der Waals surface area contributed by atoms with Crippen molar-refractivity contribution < 1.29 is 30.3 Å². The molecular weight excluding hydrogens is 432 g/mol. The van der Waals surface area contributed by atoms with E-state index in [9.17, 15) is 30.3 Å². The van der Waals surface area contributed by atoms with E-state index in [0.717, 1.165) is 19.3 Å². The fourth-order valence-corrected chi connectivity index (χ4v) is 5.11. The average Bonchev–Trinajstić information content (AvgIpc) is 2.73. The first-order valence-corrected chi connectivity index (χ1v) is 12.9. The van der Waals surface area contributed by atoms with Gasteiger partial charge in [0.2, 0.25) is 0 Å². The summed E-state index contributed by atoms with van der Waals surface area (Å²) in [6.45, 7) is 12.2. The van der Waals surface area contributed by atoms with E-state index in [-0.39, 0.29) is 29.8 Å². The second-order valence-corrected chi connectivity index (χ2v) is 11.0. The van der Waals surface area contributed by atoms with Crippen LogP contribution in [0, 0.1) is 29.6 Å². The molecule has 5 N–H and O–H groups in total. The van der Waals surface area contributed by atoms with Gasteiger partial charge in [-0.05, 0) is 74.0 Å². The Labute approximate surface area is 206 Å². The molecule has 0 aliphatic rings. The summed E-state index contributed by atoms with van der Waals surface area (Å²) in [7, 11) is 0. The van der Waals surface area contributed by atoms with Crippen LogP contribution in [0.15, 0.2) is 18.2 Å². The predicted octanol–water partition coefficient (Wildman–Crippen LogP) is 5.35. The number of phenols is 2. The minimum atomic E-state index is -1.07. The Balaban J connectivity index is 2.64. The molecule has 0 bridgehead atoms. The first-order chi connectivity index (χ1) is 15.8. The molecule has 0 saturated heterocycles. The second kappa shape index (κ2) is 14.7. The first kappa shape index (κ1) is 30.4. The van der Waals surface area contributed by atoms with Gasteiger partial charge in [0.25, 0.3) is 0 Å². The van der Waals surface area contributed by atoms with Crippen LogP contribution in [0.3, 0.4) is 0 Å². The number of Topliss-reactive ketones (excluding diaryl/α,β-unsaturated/α-hetero) is 1. The van der Waals surface area contributed by atoms with E-state index < -0.39 is 24.2 Å². The van der Waals surface area contributed by atoms with Crippen LogP contribution in [0.1, 0.15) is 98.2 Å². The zero-order valence-corrected chi connectivity index (χ0v) is 21.9. The highest BCUT2D eigenvalue weighted by atomic mass is 16.3. The number of aliphatic hydroxyl groups is 3. The topological polar surface area (TPSA) is 118 Å². The van der Waals surface area contributed by atoms with Gasteiger partial charge in [-0.2, -0.15) is 0 Å². The summed E-state index contributed by atoms with van der Waals surface area (Å²) in [6, 6.07) is 3.97. The Morgan fingerprint density at radius 1 is 0.794 bits per heavy atom. The van der Waals surface area contributed by atoms with Crippen molar-refractivity contribution in [3.63, 3.8) is 0 Å². The average molecular weight is 481 g/mol. The molecule has 0 fully saturated rings. The molecule has 6 heteroatoms. The van der Waals surface area contributed by atoms with Gasteiger partial charge < -0.3 is 25.5 Å². The first-order valence-electron chi connectivity index (χ1n) is 12.9. The summed E-state index contributed by atoms with van der Waals surface area (Å²) in [4.78, 5) is 11.8. The Hall–Kier alpha value is -1.63. The van der Waals surface area contributed by atoms with E-state index in [1.165, 1.54) is 18.2 Å². The molecule has 0 aromatic heterocycles. The molecule has 0 heterocycles. The molecule has 7 atom stereocenters. The van der Waals surface area contributed by atoms with Crippen LogP contribution in [-0.2, 0) is 4.79 Å². The molecule has 6 nitrogen and oxygen atoms in total. The molecule has 0 spiro atoms. The molecule has 34 heavy (non-hydrogen) atoms. The van der Waals surface area contributed by atoms with Gasteiger partial charge in [0.05, 0.1) is 18.3 Å². The SMILES string of the molecule is CCC(=O)[C@H](C)C[C@H](C)C[C@H](C)CC[C@@H](O)C[C@@H](O)[C@@H](CC(C)C)[C@@H](O)c1cc(O)cc(O)c1. The Kier molecular flexibility index (Phi) is 13.1. The predicted molar refractivity (Wildman–Crippen MR) is 136 cm³/mol. The lowest BCUT2D eigenvalue weighted by atomic mass is 9.81. The van der Waals surface area contributed by atoms with E-state index in [1.807, 2.05) is 27.7 Å². The third-order valence-electron chi connectivity index (χ3n) is 6.87. The molecule has 0 radical (unpaired) electrons. The molecule has 0 unspecified atom stereocenters. The molecule has 1 aromatic rings. The Bertz CT molecular complexity index is 713. The van der Waals surface area contributed by atoms with Crippen molar-refractivity contribution in [2.24, 2.45) is 29.6 Å². The van der Waals surface area contributed by atoms with Crippen LogP contribution in [0.25, 0.3) is 0 Å². The highest BCUT2D eigenvalue weighted by Crippen LogP contribution is 2.35. The maximum absolute atomic E-state index is 11.8. The van der Waals surface area contributed by atoms with Crippen LogP contribution >= 0.6 is 0 Å². The summed E-state index contributed by atoms with van der Waals surface area (Å²) in [6.07, 6.45) is 1.85. The van der Waals surface area contributed by atoms with Gasteiger partial charge in [-0.3, -0.25) is 4.79 Å². The molecule has 1 aromatic carbocycles. The zero-order chi connectivity index (χ0) is 26.0. The van der Waals surface area contributed by atoms with Crippen LogP contribution < -0.4 is 0 Å². The lowest BCUT2D eigenvalue weighted by Gasteiger charge is -2.31. The van der Waals surface area contributed by atoms with E-state index in [0.29, 0.717) is 42.4 Å². The van der Waals surface area contributed by atoms with Crippen molar-refractivity contribution in [3.05, 3.63) is 23.8 Å². The van der Waals surface area contributed by atoms with Crippen molar-refractivity contribution in [2.45, 2.75) is 105 Å². The minimum Gasteiger partial charge on any atom is -0.508 e. The van der Waals surface area contributed by atoms with Gasteiger partial charge in [-0.1, -0.05) is 41.5 Å². The van der Waals surface area contributed by atoms with Crippen molar-refractivity contribution in [1.29, 1.82) is 0 Å². The third-order valence-corrected chi connectivity index (χ3v) is 6.87.